The van der Waals surface area contributed by atoms with Crippen molar-refractivity contribution in [2.75, 3.05) is 6.61 Å². The number of nitrogens with zero attached hydrogens (tertiary/aromatic N) is 1. The number of benzene rings is 1. The highest BCUT2D eigenvalue weighted by atomic mass is 32.1. The Kier molecular flexibility index (Phi) is 6.68. The Morgan fingerprint density at radius 2 is 1.95 bits per heavy atom. The van der Waals surface area contributed by atoms with E-state index in [2.05, 4.69) is 6.92 Å². The molecule has 0 unspecified atom stereocenters. The lowest BCUT2D eigenvalue weighted by molar-refractivity contribution is -0.384. The molecule has 10 heteroatoms. The quantitative estimate of drug-likeness (QED) is 0.352. The molecule has 2 N–H and O–H groups in total. The molecule has 9 atom stereocenters. The summed E-state index contributed by atoms with van der Waals surface area (Å²) in [6, 6.07) is 10.4. The number of ketones is 2. The van der Waals surface area contributed by atoms with Crippen LogP contribution in [0.2, 0.25) is 0 Å². The minimum atomic E-state index is -1.39. The molecule has 1 aromatic heterocycles. The van der Waals surface area contributed by atoms with E-state index in [1.54, 1.807) is 24.3 Å². The van der Waals surface area contributed by atoms with Crippen molar-refractivity contribution in [2.45, 2.75) is 70.1 Å². The van der Waals surface area contributed by atoms with Gasteiger partial charge < -0.3 is 19.7 Å². The number of carbonyl (C=O) groups excluding carboxylic acids is 2. The molecule has 2 heterocycles. The second kappa shape index (κ2) is 10.0. The van der Waals surface area contributed by atoms with Gasteiger partial charge in [-0.1, -0.05) is 37.6 Å². The molecule has 7 rings (SSSR count). The minimum absolute atomic E-state index is 0.0127. The number of nitro benzene ring substituents is 1. The van der Waals surface area contributed by atoms with Crippen molar-refractivity contribution in [2.24, 2.45) is 28.6 Å². The summed E-state index contributed by atoms with van der Waals surface area (Å²) in [5, 5.41) is 33.0. The van der Waals surface area contributed by atoms with Crippen molar-refractivity contribution in [1.82, 2.24) is 0 Å². The van der Waals surface area contributed by atoms with Crippen LogP contribution in [-0.4, -0.2) is 51.1 Å². The zero-order chi connectivity index (χ0) is 30.3. The average Bonchev–Trinajstić information content (AvgIpc) is 3.66. The summed E-state index contributed by atoms with van der Waals surface area (Å²) in [7, 11) is 0. The van der Waals surface area contributed by atoms with Crippen LogP contribution in [0, 0.1) is 38.7 Å². The van der Waals surface area contributed by atoms with Crippen LogP contribution >= 0.6 is 11.3 Å². The lowest BCUT2D eigenvalue weighted by Gasteiger charge is -2.59. The van der Waals surface area contributed by atoms with Crippen LogP contribution in [0.1, 0.15) is 61.1 Å². The Labute approximate surface area is 253 Å². The number of ether oxygens (including phenoxy) is 2. The van der Waals surface area contributed by atoms with Crippen LogP contribution in [0.3, 0.4) is 0 Å². The first kappa shape index (κ1) is 28.7. The molecule has 43 heavy (non-hydrogen) atoms. The predicted octanol–water partition coefficient (Wildman–Crippen LogP) is 4.85. The number of Topliss-reactive ketones (excluding diaryl/α,β-unsaturated/α-hetero) is 1. The smallest absolute Gasteiger partial charge is 0.269 e. The highest BCUT2D eigenvalue weighted by molar-refractivity contribution is 7.12. The Hall–Kier alpha value is -3.02. The molecule has 4 fully saturated rings. The van der Waals surface area contributed by atoms with Crippen molar-refractivity contribution in [1.29, 1.82) is 0 Å². The summed E-state index contributed by atoms with van der Waals surface area (Å²) < 4.78 is 13.2. The normalized spacial score (nSPS) is 39.4. The SMILES string of the molecule is C[C@]12C=CC(=O)C=C1CC[C@@H]1[C@@H]2[C@@H](O)C[C@@]2(C)[C@H]1C[C@H]1O[C@@H](c3ccc(Cc4ccc([N+](=O)[O-])cc4)s3)O[C@]12C(=O)CO. The number of nitro groups is 1. The second-order valence-electron chi connectivity index (χ2n) is 13.2. The van der Waals surface area contributed by atoms with Crippen LogP contribution in [-0.2, 0) is 25.5 Å². The van der Waals surface area contributed by atoms with Crippen molar-refractivity contribution in [3.05, 3.63) is 85.6 Å². The maximum atomic E-state index is 13.7. The van der Waals surface area contributed by atoms with Gasteiger partial charge in [0.25, 0.3) is 5.69 Å². The number of thiophene rings is 1. The number of allylic oxidation sites excluding steroid dienone is 4. The van der Waals surface area contributed by atoms with Gasteiger partial charge in [0.2, 0.25) is 0 Å². The van der Waals surface area contributed by atoms with Gasteiger partial charge in [0, 0.05) is 40.2 Å². The molecular formula is C33H35NO8S. The molecule has 4 aliphatic carbocycles. The van der Waals surface area contributed by atoms with Gasteiger partial charge in [-0.2, -0.15) is 0 Å². The van der Waals surface area contributed by atoms with Gasteiger partial charge in [-0.25, -0.2) is 0 Å². The predicted molar refractivity (Wildman–Crippen MR) is 157 cm³/mol. The highest BCUT2D eigenvalue weighted by Gasteiger charge is 2.76. The third-order valence-electron chi connectivity index (χ3n) is 11.2. The molecule has 0 bridgehead atoms. The summed E-state index contributed by atoms with van der Waals surface area (Å²) in [5.74, 6) is -0.383. The summed E-state index contributed by atoms with van der Waals surface area (Å²) in [5.41, 5.74) is -0.515. The van der Waals surface area contributed by atoms with E-state index in [0.717, 1.165) is 33.7 Å². The number of hydrogen-bond acceptors (Lipinski definition) is 9. The summed E-state index contributed by atoms with van der Waals surface area (Å²) in [6.45, 7) is 3.46. The Morgan fingerprint density at radius 3 is 2.67 bits per heavy atom. The number of rotatable bonds is 6. The van der Waals surface area contributed by atoms with Gasteiger partial charge in [0.15, 0.2) is 23.5 Å². The third-order valence-corrected chi connectivity index (χ3v) is 12.3. The van der Waals surface area contributed by atoms with Gasteiger partial charge in [0.1, 0.15) is 6.61 Å². The molecule has 0 radical (unpaired) electrons. The van der Waals surface area contributed by atoms with Crippen molar-refractivity contribution in [3.63, 3.8) is 0 Å². The number of fused-ring (bicyclic) bond motifs is 7. The van der Waals surface area contributed by atoms with Crippen molar-refractivity contribution in [3.8, 4) is 0 Å². The Balaban J connectivity index is 1.16. The molecular weight excluding hydrogens is 570 g/mol. The number of aliphatic hydroxyl groups is 2. The fourth-order valence-electron chi connectivity index (χ4n) is 9.37. The monoisotopic (exact) mass is 605 g/mol. The zero-order valence-corrected chi connectivity index (χ0v) is 24.9. The fourth-order valence-corrected chi connectivity index (χ4v) is 10.4. The van der Waals surface area contributed by atoms with Gasteiger partial charge >= 0.3 is 0 Å². The highest BCUT2D eigenvalue weighted by Crippen LogP contribution is 2.70. The molecule has 0 spiro atoms. The van der Waals surface area contributed by atoms with Gasteiger partial charge in [-0.15, -0.1) is 11.3 Å². The number of non-ortho nitro benzene ring substituents is 1. The second-order valence-corrected chi connectivity index (χ2v) is 14.4. The average molecular weight is 606 g/mol. The molecule has 226 valence electrons. The van der Waals surface area contributed by atoms with E-state index in [4.69, 9.17) is 9.47 Å². The molecule has 1 saturated heterocycles. The lowest BCUT2D eigenvalue weighted by atomic mass is 9.46. The topological polar surface area (TPSA) is 136 Å². The Bertz CT molecular complexity index is 1560. The summed E-state index contributed by atoms with van der Waals surface area (Å²) in [6.07, 6.45) is 6.30. The molecule has 3 saturated carbocycles. The van der Waals surface area contributed by atoms with Crippen molar-refractivity contribution < 1.29 is 34.2 Å². The first-order chi connectivity index (χ1) is 20.5. The van der Waals surface area contributed by atoms with Gasteiger partial charge in [-0.3, -0.25) is 19.7 Å². The molecule has 5 aliphatic rings. The van der Waals surface area contributed by atoms with E-state index < -0.39 is 52.2 Å². The largest absolute Gasteiger partial charge is 0.393 e. The van der Waals surface area contributed by atoms with Crippen molar-refractivity contribution >= 4 is 28.6 Å². The standard InChI is InChI=1S/C33H35NO8S/c1-31-12-11-21(36)14-19(31)5-9-23-24-15-28-33(27(38)17-35,32(24,2)16-25(37)29(23)31)42-30(41-28)26-10-8-22(43-26)13-18-3-6-20(7-4-18)34(39)40/h3-4,6-8,10-12,14,23-25,28-30,35,37H,5,9,13,15-17H2,1-2H3/t23-,24-,25-,28+,29+,30+,31-,32-,33+/m0/s1. The van der Waals surface area contributed by atoms with E-state index in [-0.39, 0.29) is 29.2 Å². The van der Waals surface area contributed by atoms with Crippen LogP contribution in [0.25, 0.3) is 0 Å². The lowest BCUT2D eigenvalue weighted by Crippen LogP contribution is -2.63. The van der Waals surface area contributed by atoms with Crippen LogP contribution in [0.15, 0.2) is 60.2 Å². The maximum absolute atomic E-state index is 13.7. The molecule has 0 amide bonds. The fraction of sp³-hybridized carbons (Fsp3) is 0.515. The Morgan fingerprint density at radius 1 is 1.19 bits per heavy atom. The van der Waals surface area contributed by atoms with Crippen LogP contribution < -0.4 is 0 Å². The number of hydrogen-bond donors (Lipinski definition) is 2. The van der Waals surface area contributed by atoms with E-state index >= 15 is 0 Å². The van der Waals surface area contributed by atoms with Gasteiger partial charge in [-0.05, 0) is 67.4 Å². The maximum Gasteiger partial charge on any atom is 0.269 e. The van der Waals surface area contributed by atoms with Gasteiger partial charge in [0.05, 0.1) is 22.0 Å². The molecule has 1 aromatic carbocycles. The molecule has 2 aromatic rings. The first-order valence-electron chi connectivity index (χ1n) is 14.9. The van der Waals surface area contributed by atoms with E-state index in [1.807, 2.05) is 25.1 Å². The van der Waals surface area contributed by atoms with Crippen LogP contribution in [0.4, 0.5) is 5.69 Å². The van der Waals surface area contributed by atoms with E-state index in [9.17, 15) is 29.9 Å². The van der Waals surface area contributed by atoms with E-state index in [0.29, 0.717) is 19.3 Å². The van der Waals surface area contributed by atoms with Crippen LogP contribution in [0.5, 0.6) is 0 Å². The van der Waals surface area contributed by atoms with E-state index in [1.165, 1.54) is 23.5 Å². The number of aliphatic hydroxyl groups excluding tert-OH is 2. The number of carbonyl (C=O) groups is 2. The minimum Gasteiger partial charge on any atom is -0.393 e. The zero-order valence-electron chi connectivity index (χ0n) is 24.1. The first-order valence-corrected chi connectivity index (χ1v) is 15.7. The third kappa shape index (κ3) is 4.10. The molecule has 1 aliphatic heterocycles. The summed E-state index contributed by atoms with van der Waals surface area (Å²) in [4.78, 5) is 38.3. The molecule has 9 nitrogen and oxygen atoms in total. The summed E-state index contributed by atoms with van der Waals surface area (Å²) >= 11 is 1.50.